The lowest BCUT2D eigenvalue weighted by Gasteiger charge is -2.32. The van der Waals surface area contributed by atoms with E-state index in [1.807, 2.05) is 50.2 Å². The number of hydrogen-bond acceptors (Lipinski definition) is 8. The van der Waals surface area contributed by atoms with Crippen molar-refractivity contribution in [1.29, 1.82) is 0 Å². The summed E-state index contributed by atoms with van der Waals surface area (Å²) in [4.78, 5) is 18.4. The maximum atomic E-state index is 12.6. The highest BCUT2D eigenvalue weighted by molar-refractivity contribution is 6.32. The molecule has 1 saturated heterocycles. The van der Waals surface area contributed by atoms with Crippen molar-refractivity contribution in [1.82, 2.24) is 9.88 Å². The molecule has 1 unspecified atom stereocenters. The van der Waals surface area contributed by atoms with Crippen molar-refractivity contribution in [3.8, 4) is 17.2 Å². The molecule has 1 fully saturated rings. The zero-order chi connectivity index (χ0) is 28.6. The average molecular weight is 601 g/mol. The summed E-state index contributed by atoms with van der Waals surface area (Å²) in [5, 5.41) is 0.652. The Morgan fingerprint density at radius 3 is 2.76 bits per heavy atom. The van der Waals surface area contributed by atoms with E-state index in [0.717, 1.165) is 28.0 Å². The molecule has 4 heterocycles. The quantitative estimate of drug-likeness (QED) is 0.285. The van der Waals surface area contributed by atoms with Crippen LogP contribution in [0.2, 0.25) is 10.3 Å². The van der Waals surface area contributed by atoms with Crippen LogP contribution in [0.1, 0.15) is 42.2 Å². The minimum atomic E-state index is -0.654. The van der Waals surface area contributed by atoms with E-state index in [9.17, 15) is 4.79 Å². The van der Waals surface area contributed by atoms with Crippen molar-refractivity contribution >= 4 is 29.3 Å². The molecule has 216 valence electrons. The zero-order valence-electron chi connectivity index (χ0n) is 22.7. The predicted molar refractivity (Wildman–Crippen MR) is 151 cm³/mol. The number of carbonyl (C=O) groups is 1. The fraction of sp³-hybridized carbons (Fsp3) is 0.400. The van der Waals surface area contributed by atoms with Gasteiger partial charge in [-0.2, -0.15) is 0 Å². The lowest BCUT2D eigenvalue weighted by molar-refractivity contribution is -0.180. The van der Waals surface area contributed by atoms with E-state index in [4.69, 9.17) is 51.6 Å². The Balaban J connectivity index is 1.01. The molecule has 0 radical (unpaired) electrons. The normalized spacial score (nSPS) is 20.8. The van der Waals surface area contributed by atoms with Gasteiger partial charge in [0.2, 0.25) is 5.79 Å². The highest BCUT2D eigenvalue weighted by Gasteiger charge is 2.34. The fourth-order valence-corrected chi connectivity index (χ4v) is 5.33. The minimum Gasteiger partial charge on any atom is -0.486 e. The van der Waals surface area contributed by atoms with Gasteiger partial charge in [-0.25, -0.2) is 9.78 Å². The molecule has 6 rings (SSSR count). The highest BCUT2D eigenvalue weighted by Crippen LogP contribution is 2.36. The molecule has 2 atom stereocenters. The number of pyridine rings is 1. The first kappa shape index (κ1) is 27.9. The number of nitrogens with zero attached hydrogens (tertiary/aromatic N) is 2. The Kier molecular flexibility index (Phi) is 7.87. The van der Waals surface area contributed by atoms with Crippen LogP contribution in [0.5, 0.6) is 17.2 Å². The second-order valence-corrected chi connectivity index (χ2v) is 11.4. The van der Waals surface area contributed by atoms with Gasteiger partial charge in [0.25, 0.3) is 0 Å². The van der Waals surface area contributed by atoms with Crippen LogP contribution in [0.4, 0.5) is 4.79 Å². The van der Waals surface area contributed by atoms with Gasteiger partial charge in [0, 0.05) is 31.5 Å². The summed E-state index contributed by atoms with van der Waals surface area (Å²) in [5.74, 6) is 1.47. The monoisotopic (exact) mass is 600 g/mol. The van der Waals surface area contributed by atoms with Crippen LogP contribution >= 0.6 is 23.2 Å². The maximum Gasteiger partial charge on any atom is 0.410 e. The van der Waals surface area contributed by atoms with Crippen LogP contribution in [-0.2, 0) is 33.8 Å². The molecule has 0 spiro atoms. The van der Waals surface area contributed by atoms with Crippen LogP contribution in [-0.4, -0.2) is 54.2 Å². The summed E-state index contributed by atoms with van der Waals surface area (Å²) in [5.41, 5.74) is 3.64. The van der Waals surface area contributed by atoms with Gasteiger partial charge in [-0.3, -0.25) is 0 Å². The summed E-state index contributed by atoms with van der Waals surface area (Å²) in [6.07, 6.45) is -0.304. The zero-order valence-corrected chi connectivity index (χ0v) is 24.2. The molecule has 1 aromatic heterocycles. The number of aromatic nitrogens is 1. The van der Waals surface area contributed by atoms with Gasteiger partial charge in [0.05, 0.1) is 26.4 Å². The molecule has 3 aromatic rings. The minimum absolute atomic E-state index is 0.274. The van der Waals surface area contributed by atoms with E-state index < -0.39 is 5.79 Å². The number of halogens is 2. The topological polar surface area (TPSA) is 88.6 Å². The number of cyclic esters (lactones) is 1. The standard InChI is InChI=1S/C30H30Cl2N2O7/c1-30(2)38-15-21-12-19(4-7-23(21)41-30)26-13-34(29(35)40-26)10-9-18-3-6-24-25(11-18)39-22(17-37-24)16-36-14-20-5-8-27(31)33-28(20)32/h3-8,11-12,22,26H,9-10,13-17H2,1-2H3/t22-,26?/m1/s1. The molecule has 0 aliphatic carbocycles. The van der Waals surface area contributed by atoms with Crippen LogP contribution in [0.15, 0.2) is 48.5 Å². The van der Waals surface area contributed by atoms with Gasteiger partial charge in [-0.1, -0.05) is 41.4 Å². The first-order chi connectivity index (χ1) is 19.7. The third-order valence-corrected chi connectivity index (χ3v) is 7.66. The maximum absolute atomic E-state index is 12.6. The Morgan fingerprint density at radius 1 is 1.05 bits per heavy atom. The van der Waals surface area contributed by atoms with Gasteiger partial charge in [0.15, 0.2) is 17.6 Å². The highest BCUT2D eigenvalue weighted by atomic mass is 35.5. The number of ether oxygens (including phenoxy) is 6. The largest absolute Gasteiger partial charge is 0.486 e. The third kappa shape index (κ3) is 6.48. The molecular weight excluding hydrogens is 571 g/mol. The molecule has 2 aromatic carbocycles. The lowest BCUT2D eigenvalue weighted by Crippen LogP contribution is -2.35. The van der Waals surface area contributed by atoms with Crippen LogP contribution in [0.25, 0.3) is 0 Å². The second kappa shape index (κ2) is 11.6. The van der Waals surface area contributed by atoms with Gasteiger partial charge in [-0.05, 0) is 47.9 Å². The van der Waals surface area contributed by atoms with E-state index >= 15 is 0 Å². The molecule has 0 saturated carbocycles. The average Bonchev–Trinajstić information content (AvgIpc) is 3.32. The Labute approximate surface area is 248 Å². The number of benzene rings is 2. The van der Waals surface area contributed by atoms with Crippen LogP contribution < -0.4 is 14.2 Å². The molecule has 11 heteroatoms. The van der Waals surface area contributed by atoms with Gasteiger partial charge < -0.3 is 33.3 Å². The van der Waals surface area contributed by atoms with Gasteiger partial charge in [0.1, 0.15) is 28.8 Å². The Hall–Kier alpha value is -3.24. The van der Waals surface area contributed by atoms with Crippen LogP contribution in [0, 0.1) is 0 Å². The van der Waals surface area contributed by atoms with E-state index in [-0.39, 0.29) is 24.9 Å². The van der Waals surface area contributed by atoms with E-state index in [1.54, 1.807) is 17.0 Å². The molecule has 3 aliphatic heterocycles. The fourth-order valence-electron chi connectivity index (χ4n) is 4.93. The van der Waals surface area contributed by atoms with Crippen LogP contribution in [0.3, 0.4) is 0 Å². The summed E-state index contributed by atoms with van der Waals surface area (Å²) in [7, 11) is 0. The summed E-state index contributed by atoms with van der Waals surface area (Å²) in [6.45, 7) is 6.19. The van der Waals surface area contributed by atoms with Crippen molar-refractivity contribution in [2.45, 2.75) is 51.5 Å². The first-order valence-corrected chi connectivity index (χ1v) is 14.2. The third-order valence-electron chi connectivity index (χ3n) is 7.13. The van der Waals surface area contributed by atoms with Crippen molar-refractivity contribution in [3.63, 3.8) is 0 Å². The summed E-state index contributed by atoms with van der Waals surface area (Å²) >= 11 is 12.0. The van der Waals surface area contributed by atoms with E-state index in [2.05, 4.69) is 4.98 Å². The van der Waals surface area contributed by atoms with E-state index in [1.165, 1.54) is 0 Å². The molecule has 3 aliphatic rings. The number of hydrogen-bond donors (Lipinski definition) is 0. The van der Waals surface area contributed by atoms with Gasteiger partial charge in [-0.15, -0.1) is 0 Å². The molecule has 0 N–H and O–H groups in total. The molecule has 0 bridgehead atoms. The van der Waals surface area contributed by atoms with Crippen molar-refractivity contribution < 1.29 is 33.2 Å². The van der Waals surface area contributed by atoms with Crippen molar-refractivity contribution in [2.24, 2.45) is 0 Å². The predicted octanol–water partition coefficient (Wildman–Crippen LogP) is 6.13. The molecule has 41 heavy (non-hydrogen) atoms. The lowest BCUT2D eigenvalue weighted by atomic mass is 10.0. The second-order valence-electron chi connectivity index (χ2n) is 10.7. The van der Waals surface area contributed by atoms with Crippen molar-refractivity contribution in [3.05, 3.63) is 81.1 Å². The van der Waals surface area contributed by atoms with Gasteiger partial charge >= 0.3 is 6.09 Å². The van der Waals surface area contributed by atoms with E-state index in [0.29, 0.717) is 61.1 Å². The number of carbonyl (C=O) groups excluding carboxylic acids is 1. The summed E-state index contributed by atoms with van der Waals surface area (Å²) in [6, 6.07) is 15.1. The summed E-state index contributed by atoms with van der Waals surface area (Å²) < 4.78 is 35.1. The molecular formula is C30H30Cl2N2O7. The molecule has 9 nitrogen and oxygen atoms in total. The number of amides is 1. The first-order valence-electron chi connectivity index (χ1n) is 13.4. The molecule has 1 amide bonds. The SMILES string of the molecule is CC1(C)OCc2cc(C3CN(CCc4ccc5c(c4)O[C@H](COCc4ccc(Cl)nc4Cl)CO5)C(=O)O3)ccc2O1. The smallest absolute Gasteiger partial charge is 0.410 e. The number of fused-ring (bicyclic) bond motifs is 2. The van der Waals surface area contributed by atoms with Crippen molar-refractivity contribution in [2.75, 3.05) is 26.3 Å². The Morgan fingerprint density at radius 2 is 1.90 bits per heavy atom. The Bertz CT molecular complexity index is 1450. The number of rotatable bonds is 8.